The molecule has 140 valence electrons. The molecule has 0 aliphatic carbocycles. The van der Waals surface area contributed by atoms with Crippen LogP contribution in [0, 0.1) is 6.92 Å². The molecular weight excluding hydrogens is 326 g/mol. The fourth-order valence-electron chi connectivity index (χ4n) is 3.89. The first-order valence-corrected chi connectivity index (χ1v) is 9.00. The Morgan fingerprint density at radius 3 is 2.31 bits per heavy atom. The molecule has 0 amide bonds. The zero-order valence-electron chi connectivity index (χ0n) is 16.2. The minimum Gasteiger partial charge on any atom is -0.393 e. The molecule has 26 heavy (non-hydrogen) atoms. The lowest BCUT2D eigenvalue weighted by molar-refractivity contribution is 0.170. The van der Waals surface area contributed by atoms with Crippen molar-refractivity contribution in [3.8, 4) is 0 Å². The fourth-order valence-corrected chi connectivity index (χ4v) is 3.89. The number of nitrogens with zero attached hydrogens (tertiary/aromatic N) is 3. The summed E-state index contributed by atoms with van der Waals surface area (Å²) in [4.78, 5) is 13.0. The molecule has 1 fully saturated rings. The number of aromatic nitrogens is 3. The summed E-state index contributed by atoms with van der Waals surface area (Å²) < 4.78 is 0. The molecule has 0 bridgehead atoms. The Labute approximate surface area is 155 Å². The molecule has 0 spiro atoms. The van der Waals surface area contributed by atoms with Crippen molar-refractivity contribution in [2.45, 2.75) is 64.6 Å². The first-order chi connectivity index (χ1) is 12.1. The monoisotopic (exact) mass is 355 g/mol. The normalized spacial score (nSPS) is 19.1. The van der Waals surface area contributed by atoms with Crippen LogP contribution in [0.15, 0.2) is 24.7 Å². The molecule has 2 aromatic rings. The van der Waals surface area contributed by atoms with Gasteiger partial charge in [0, 0.05) is 23.3 Å². The van der Waals surface area contributed by atoms with Crippen molar-refractivity contribution < 1.29 is 0 Å². The second-order valence-electron chi connectivity index (χ2n) is 8.47. The van der Waals surface area contributed by atoms with Crippen LogP contribution in [0.3, 0.4) is 0 Å². The Hall–Kier alpha value is -2.41. The molecule has 7 nitrogen and oxygen atoms in total. The minimum atomic E-state index is 0.0497. The maximum atomic E-state index is 6.32. The van der Waals surface area contributed by atoms with Crippen LogP contribution in [0.1, 0.15) is 46.1 Å². The zero-order chi connectivity index (χ0) is 18.9. The summed E-state index contributed by atoms with van der Waals surface area (Å²) in [5, 5.41) is 10.4. The standard InChI is InChI=1S/C19H29N7/c1-12-6-7-14(21-10-12)25-17-15(20)16(22-11-23-17)24-13-8-18(2,3)26-19(4,5)9-13/h6-7,10-11,13,26H,8-9,20H2,1-5H3,(H2,21,22,23,24,25). The zero-order valence-corrected chi connectivity index (χ0v) is 16.2. The molecule has 0 unspecified atom stereocenters. The lowest BCUT2D eigenvalue weighted by Crippen LogP contribution is -2.60. The van der Waals surface area contributed by atoms with Gasteiger partial charge in [0.15, 0.2) is 11.6 Å². The third kappa shape index (κ3) is 4.40. The van der Waals surface area contributed by atoms with E-state index in [2.05, 4.69) is 58.6 Å². The van der Waals surface area contributed by atoms with Crippen LogP contribution in [0.5, 0.6) is 0 Å². The van der Waals surface area contributed by atoms with Gasteiger partial charge in [0.05, 0.1) is 0 Å². The van der Waals surface area contributed by atoms with E-state index in [1.165, 1.54) is 6.33 Å². The average Bonchev–Trinajstić information content (AvgIpc) is 2.50. The van der Waals surface area contributed by atoms with Gasteiger partial charge in [-0.05, 0) is 59.1 Å². The number of rotatable bonds is 4. The molecule has 3 heterocycles. The first-order valence-electron chi connectivity index (χ1n) is 9.00. The summed E-state index contributed by atoms with van der Waals surface area (Å²) in [6.07, 6.45) is 5.30. The van der Waals surface area contributed by atoms with E-state index in [1.807, 2.05) is 19.1 Å². The lowest BCUT2D eigenvalue weighted by atomic mass is 9.79. The molecule has 3 rings (SSSR count). The molecule has 0 saturated carbocycles. The van der Waals surface area contributed by atoms with Gasteiger partial charge < -0.3 is 21.7 Å². The number of hydrogen-bond donors (Lipinski definition) is 4. The van der Waals surface area contributed by atoms with Crippen molar-refractivity contribution >= 4 is 23.1 Å². The van der Waals surface area contributed by atoms with Crippen molar-refractivity contribution in [3.05, 3.63) is 30.2 Å². The molecule has 1 aliphatic heterocycles. The van der Waals surface area contributed by atoms with Gasteiger partial charge in [-0.3, -0.25) is 0 Å². The molecule has 1 aliphatic rings. The number of aryl methyl sites for hydroxylation is 1. The third-order valence-electron chi connectivity index (χ3n) is 4.57. The highest BCUT2D eigenvalue weighted by Crippen LogP contribution is 2.32. The van der Waals surface area contributed by atoms with Crippen LogP contribution in [0.4, 0.5) is 23.1 Å². The van der Waals surface area contributed by atoms with E-state index < -0.39 is 0 Å². The molecule has 7 heteroatoms. The van der Waals surface area contributed by atoms with E-state index in [4.69, 9.17) is 5.73 Å². The van der Waals surface area contributed by atoms with E-state index in [-0.39, 0.29) is 17.1 Å². The summed E-state index contributed by atoms with van der Waals surface area (Å²) >= 11 is 0. The minimum absolute atomic E-state index is 0.0497. The summed E-state index contributed by atoms with van der Waals surface area (Å²) in [5.74, 6) is 1.93. The van der Waals surface area contributed by atoms with Crippen LogP contribution in [-0.2, 0) is 0 Å². The van der Waals surface area contributed by atoms with Gasteiger partial charge in [0.1, 0.15) is 17.8 Å². The topological polar surface area (TPSA) is 101 Å². The van der Waals surface area contributed by atoms with Gasteiger partial charge in [-0.15, -0.1) is 0 Å². The summed E-state index contributed by atoms with van der Waals surface area (Å²) in [7, 11) is 0. The van der Waals surface area contributed by atoms with Gasteiger partial charge in [-0.25, -0.2) is 15.0 Å². The lowest BCUT2D eigenvalue weighted by Gasteiger charge is -2.46. The number of pyridine rings is 1. The molecule has 0 aromatic carbocycles. The Morgan fingerprint density at radius 2 is 1.69 bits per heavy atom. The number of piperidine rings is 1. The van der Waals surface area contributed by atoms with Gasteiger partial charge in [-0.1, -0.05) is 6.07 Å². The summed E-state index contributed by atoms with van der Waals surface area (Å²) in [6.45, 7) is 10.9. The summed E-state index contributed by atoms with van der Waals surface area (Å²) in [5.41, 5.74) is 8.02. The molecule has 5 N–H and O–H groups in total. The van der Waals surface area contributed by atoms with Crippen molar-refractivity contribution in [2.75, 3.05) is 16.4 Å². The Balaban J connectivity index is 1.77. The predicted octanol–water partition coefficient (Wildman–Crippen LogP) is 3.23. The third-order valence-corrected chi connectivity index (χ3v) is 4.57. The smallest absolute Gasteiger partial charge is 0.160 e. The van der Waals surface area contributed by atoms with Gasteiger partial charge in [0.25, 0.3) is 0 Å². The fraction of sp³-hybridized carbons (Fsp3) is 0.526. The van der Waals surface area contributed by atoms with E-state index in [1.54, 1.807) is 6.20 Å². The van der Waals surface area contributed by atoms with Gasteiger partial charge >= 0.3 is 0 Å². The average molecular weight is 355 g/mol. The van der Waals surface area contributed by atoms with Crippen LogP contribution >= 0.6 is 0 Å². The second-order valence-corrected chi connectivity index (χ2v) is 8.47. The highest BCUT2D eigenvalue weighted by atomic mass is 15.1. The largest absolute Gasteiger partial charge is 0.393 e. The van der Waals surface area contributed by atoms with Crippen LogP contribution in [0.2, 0.25) is 0 Å². The highest BCUT2D eigenvalue weighted by Gasteiger charge is 2.37. The van der Waals surface area contributed by atoms with Gasteiger partial charge in [-0.2, -0.15) is 0 Å². The summed E-state index contributed by atoms with van der Waals surface area (Å²) in [6, 6.07) is 4.18. The molecular formula is C19H29N7. The number of hydrogen-bond acceptors (Lipinski definition) is 7. The first kappa shape index (κ1) is 18.4. The maximum absolute atomic E-state index is 6.32. The number of anilines is 4. The maximum Gasteiger partial charge on any atom is 0.160 e. The van der Waals surface area contributed by atoms with Crippen LogP contribution in [0.25, 0.3) is 0 Å². The van der Waals surface area contributed by atoms with Crippen LogP contribution in [-0.4, -0.2) is 32.1 Å². The van der Waals surface area contributed by atoms with E-state index in [9.17, 15) is 0 Å². The van der Waals surface area contributed by atoms with E-state index in [0.29, 0.717) is 23.1 Å². The van der Waals surface area contributed by atoms with Crippen molar-refractivity contribution in [2.24, 2.45) is 0 Å². The van der Waals surface area contributed by atoms with Crippen LogP contribution < -0.4 is 21.7 Å². The number of nitrogens with two attached hydrogens (primary N) is 1. The quantitative estimate of drug-likeness (QED) is 0.668. The van der Waals surface area contributed by atoms with Crippen molar-refractivity contribution in [1.82, 2.24) is 20.3 Å². The van der Waals surface area contributed by atoms with Gasteiger partial charge in [0.2, 0.25) is 0 Å². The Kier molecular flexibility index (Phi) is 4.75. The predicted molar refractivity (Wildman–Crippen MR) is 107 cm³/mol. The molecule has 2 aromatic heterocycles. The van der Waals surface area contributed by atoms with E-state index in [0.717, 1.165) is 18.4 Å². The number of nitrogens with one attached hydrogen (secondary N) is 3. The molecule has 1 saturated heterocycles. The molecule has 0 radical (unpaired) electrons. The Morgan fingerprint density at radius 1 is 1.04 bits per heavy atom. The SMILES string of the molecule is Cc1ccc(Nc2ncnc(NC3CC(C)(C)NC(C)(C)C3)c2N)nc1. The van der Waals surface area contributed by atoms with E-state index >= 15 is 0 Å². The highest BCUT2D eigenvalue weighted by molar-refractivity contribution is 5.77. The Bertz CT molecular complexity index is 752. The molecule has 0 atom stereocenters. The van der Waals surface area contributed by atoms with Crippen molar-refractivity contribution in [3.63, 3.8) is 0 Å². The number of nitrogen functional groups attached to an aromatic ring is 1. The van der Waals surface area contributed by atoms with Crippen molar-refractivity contribution in [1.29, 1.82) is 0 Å². The second kappa shape index (κ2) is 6.72.